The maximum atomic E-state index is 14.3. The smallest absolute Gasteiger partial charge is 0.400 e. The number of likely N-dealkylation sites (tertiary alicyclic amines) is 1. The molecule has 0 bridgehead atoms. The largest absolute Gasteiger partial charge is 0.418 e. The second-order valence-corrected chi connectivity index (χ2v) is 11.4. The van der Waals surface area contributed by atoms with Crippen LogP contribution in [0.2, 0.25) is 0 Å². The van der Waals surface area contributed by atoms with Gasteiger partial charge in [-0.05, 0) is 80.3 Å². The number of alkyl halides is 3. The fourth-order valence-electron chi connectivity index (χ4n) is 6.21. The molecule has 0 aromatic heterocycles. The predicted molar refractivity (Wildman–Crippen MR) is 149 cm³/mol. The molecule has 2 atom stereocenters. The van der Waals surface area contributed by atoms with Gasteiger partial charge in [-0.15, -0.1) is 0 Å². The summed E-state index contributed by atoms with van der Waals surface area (Å²) in [6.45, 7) is 10.5. The molecule has 1 unspecified atom stereocenters. The topological polar surface area (TPSA) is 73.8 Å². The Morgan fingerprint density at radius 1 is 1.15 bits per heavy atom. The number of benzene rings is 1. The lowest BCUT2D eigenvalue weighted by Gasteiger charge is -2.35. The minimum Gasteiger partial charge on any atom is -0.400 e. The molecular weight excluding hydrogens is 501 g/mol. The van der Waals surface area contributed by atoms with Crippen molar-refractivity contribution in [2.45, 2.75) is 58.0 Å². The van der Waals surface area contributed by atoms with Crippen molar-refractivity contribution in [2.24, 2.45) is 23.4 Å². The zero-order valence-electron chi connectivity index (χ0n) is 22.8. The SMILES string of the molecule is C=C1N2C=C(CN3CCC[C@H](C)C3)C=C(C(F)(F)F)C2=CN1c1cccc(C(/C(N)=C(\C)NN)C2CCC2)c1. The van der Waals surface area contributed by atoms with E-state index in [-0.39, 0.29) is 11.6 Å². The number of fused-ring (bicyclic) bond motifs is 1. The maximum Gasteiger partial charge on any atom is 0.418 e. The summed E-state index contributed by atoms with van der Waals surface area (Å²) in [5.41, 5.74) is 12.5. The average molecular weight is 541 g/mol. The Labute approximate surface area is 229 Å². The fraction of sp³-hybridized carbons (Fsp3) is 0.467. The van der Waals surface area contributed by atoms with Crippen molar-refractivity contribution in [3.63, 3.8) is 0 Å². The number of hydrogen-bond donors (Lipinski definition) is 3. The van der Waals surface area contributed by atoms with Gasteiger partial charge in [-0.2, -0.15) is 13.2 Å². The van der Waals surface area contributed by atoms with E-state index in [2.05, 4.69) is 23.8 Å². The monoisotopic (exact) mass is 540 g/mol. The lowest BCUT2D eigenvalue weighted by Crippen LogP contribution is -2.36. The van der Waals surface area contributed by atoms with Crippen molar-refractivity contribution in [2.75, 3.05) is 24.5 Å². The molecule has 1 saturated carbocycles. The van der Waals surface area contributed by atoms with E-state index in [0.717, 1.165) is 62.1 Å². The molecule has 2 fully saturated rings. The molecule has 5 N–H and O–H groups in total. The molecular formula is C30H39F3N6. The molecule has 1 aliphatic carbocycles. The van der Waals surface area contributed by atoms with Crippen LogP contribution in [0.25, 0.3) is 0 Å². The number of hydrogen-bond acceptors (Lipinski definition) is 6. The summed E-state index contributed by atoms with van der Waals surface area (Å²) >= 11 is 0. The first-order valence-corrected chi connectivity index (χ1v) is 13.8. The Bertz CT molecular complexity index is 1240. The summed E-state index contributed by atoms with van der Waals surface area (Å²) in [6, 6.07) is 7.86. The van der Waals surface area contributed by atoms with Crippen LogP contribution in [0.1, 0.15) is 57.4 Å². The number of anilines is 1. The molecule has 0 radical (unpaired) electrons. The van der Waals surface area contributed by atoms with Gasteiger partial charge in [0.05, 0.1) is 11.3 Å². The van der Waals surface area contributed by atoms with Gasteiger partial charge < -0.3 is 21.0 Å². The van der Waals surface area contributed by atoms with Crippen LogP contribution in [-0.4, -0.2) is 35.6 Å². The number of halogens is 3. The molecule has 3 heterocycles. The van der Waals surface area contributed by atoms with E-state index < -0.39 is 11.7 Å². The summed E-state index contributed by atoms with van der Waals surface area (Å²) in [5.74, 6) is 7.05. The van der Waals surface area contributed by atoms with Crippen LogP contribution in [0.4, 0.5) is 18.9 Å². The van der Waals surface area contributed by atoms with Gasteiger partial charge in [-0.1, -0.05) is 32.1 Å². The first kappa shape index (κ1) is 27.4. The van der Waals surface area contributed by atoms with Crippen LogP contribution in [0, 0.1) is 11.8 Å². The van der Waals surface area contributed by atoms with E-state index in [1.165, 1.54) is 6.08 Å². The molecule has 1 aromatic carbocycles. The molecule has 0 spiro atoms. The van der Waals surface area contributed by atoms with E-state index in [1.807, 2.05) is 31.2 Å². The highest BCUT2D eigenvalue weighted by atomic mass is 19.4. The first-order chi connectivity index (χ1) is 18.6. The normalized spacial score (nSPS) is 23.9. The first-order valence-electron chi connectivity index (χ1n) is 13.8. The summed E-state index contributed by atoms with van der Waals surface area (Å²) in [6.07, 6.45) is 5.70. The molecule has 3 aliphatic heterocycles. The summed E-state index contributed by atoms with van der Waals surface area (Å²) in [4.78, 5) is 5.57. The zero-order valence-corrected chi connectivity index (χ0v) is 22.8. The molecule has 4 aliphatic rings. The van der Waals surface area contributed by atoms with Gasteiger partial charge in [0, 0.05) is 48.5 Å². The highest BCUT2D eigenvalue weighted by Crippen LogP contribution is 2.46. The van der Waals surface area contributed by atoms with Crippen LogP contribution in [0.5, 0.6) is 0 Å². The number of allylic oxidation sites excluding steroid dienone is 3. The Morgan fingerprint density at radius 2 is 1.92 bits per heavy atom. The Morgan fingerprint density at radius 3 is 2.56 bits per heavy atom. The number of nitrogens with one attached hydrogen (secondary N) is 1. The van der Waals surface area contributed by atoms with Gasteiger partial charge >= 0.3 is 6.18 Å². The molecule has 1 saturated heterocycles. The quantitative estimate of drug-likeness (QED) is 0.301. The number of piperidine rings is 1. The second-order valence-electron chi connectivity index (χ2n) is 11.4. The van der Waals surface area contributed by atoms with Crippen molar-refractivity contribution in [1.29, 1.82) is 0 Å². The third-order valence-corrected chi connectivity index (χ3v) is 8.53. The molecule has 1 aromatic rings. The lowest BCUT2D eigenvalue weighted by atomic mass is 9.71. The standard InChI is InChI=1S/C30H39F3N6/c1-19-7-6-12-37(15-19)16-22-13-26(30(31,32)33)27-18-38(21(3)39(27)17-22)25-11-5-10-24(14-25)28(23-8-4-9-23)29(34)20(2)36-35/h5,10-11,13-14,17-19,23,28,36H,3-4,6-9,12,15-16,34-35H2,1-2H3/b29-20-/t19-,28?/m0/s1. The number of rotatable bonds is 7. The Hall–Kier alpha value is -3.17. The van der Waals surface area contributed by atoms with Gasteiger partial charge in [0.15, 0.2) is 0 Å². The summed E-state index contributed by atoms with van der Waals surface area (Å²) in [7, 11) is 0. The molecule has 210 valence electrons. The number of hydrazine groups is 1. The molecule has 6 nitrogen and oxygen atoms in total. The van der Waals surface area contributed by atoms with E-state index in [0.29, 0.717) is 35.5 Å². The number of nitrogens with zero attached hydrogens (tertiary/aromatic N) is 3. The van der Waals surface area contributed by atoms with Crippen molar-refractivity contribution in [3.05, 3.63) is 88.9 Å². The maximum absolute atomic E-state index is 14.3. The van der Waals surface area contributed by atoms with Crippen molar-refractivity contribution >= 4 is 5.69 Å². The Kier molecular flexibility index (Phi) is 7.57. The third kappa shape index (κ3) is 5.47. The van der Waals surface area contributed by atoms with Crippen molar-refractivity contribution in [1.82, 2.24) is 15.2 Å². The predicted octanol–water partition coefficient (Wildman–Crippen LogP) is 5.78. The summed E-state index contributed by atoms with van der Waals surface area (Å²) in [5, 5.41) is 0. The van der Waals surface area contributed by atoms with Gasteiger partial charge in [0.25, 0.3) is 0 Å². The zero-order chi connectivity index (χ0) is 27.9. The highest BCUT2D eigenvalue weighted by Gasteiger charge is 2.43. The minimum atomic E-state index is -4.49. The van der Waals surface area contributed by atoms with Gasteiger partial charge in [0.1, 0.15) is 5.82 Å². The molecule has 9 heteroatoms. The van der Waals surface area contributed by atoms with E-state index in [1.54, 1.807) is 22.2 Å². The van der Waals surface area contributed by atoms with Gasteiger partial charge in [-0.25, -0.2) is 0 Å². The second kappa shape index (κ2) is 10.8. The average Bonchev–Trinajstić information content (AvgIpc) is 3.20. The minimum absolute atomic E-state index is 0.0232. The van der Waals surface area contributed by atoms with E-state index in [4.69, 9.17) is 11.6 Å². The third-order valence-electron chi connectivity index (χ3n) is 8.53. The van der Waals surface area contributed by atoms with Crippen LogP contribution in [-0.2, 0) is 0 Å². The van der Waals surface area contributed by atoms with Crippen LogP contribution >= 0.6 is 0 Å². The van der Waals surface area contributed by atoms with Crippen LogP contribution in [0.3, 0.4) is 0 Å². The number of nitrogens with two attached hydrogens (primary N) is 2. The van der Waals surface area contributed by atoms with Crippen LogP contribution < -0.4 is 21.9 Å². The van der Waals surface area contributed by atoms with Gasteiger partial charge in [0.2, 0.25) is 0 Å². The van der Waals surface area contributed by atoms with Crippen molar-refractivity contribution in [3.8, 4) is 0 Å². The summed E-state index contributed by atoms with van der Waals surface area (Å²) < 4.78 is 42.9. The Balaban J connectivity index is 1.46. The molecule has 5 rings (SSSR count). The van der Waals surface area contributed by atoms with Crippen LogP contribution in [0.15, 0.2) is 83.4 Å². The van der Waals surface area contributed by atoms with E-state index in [9.17, 15) is 13.2 Å². The lowest BCUT2D eigenvalue weighted by molar-refractivity contribution is -0.0909. The molecule has 39 heavy (non-hydrogen) atoms. The van der Waals surface area contributed by atoms with E-state index >= 15 is 0 Å². The van der Waals surface area contributed by atoms with Gasteiger partial charge in [-0.3, -0.25) is 10.7 Å². The van der Waals surface area contributed by atoms with Crippen molar-refractivity contribution < 1.29 is 13.2 Å². The molecule has 0 amide bonds. The fourth-order valence-corrected chi connectivity index (χ4v) is 6.21. The highest BCUT2D eigenvalue weighted by molar-refractivity contribution is 5.64.